The predicted octanol–water partition coefficient (Wildman–Crippen LogP) is 1.17. The zero-order valence-corrected chi connectivity index (χ0v) is 19.8. The normalized spacial score (nSPS) is 19.5. The number of aromatic nitrogens is 1. The largest absolute Gasteiger partial charge is 0.379 e. The van der Waals surface area contributed by atoms with E-state index in [9.17, 15) is 22.8 Å². The Balaban J connectivity index is 1.46. The number of nitrogens with zero attached hydrogens (tertiary/aromatic N) is 4. The van der Waals surface area contributed by atoms with Crippen molar-refractivity contribution in [3.63, 3.8) is 0 Å². The molecule has 2 aromatic rings. The molecule has 0 atom stereocenters. The molecule has 1 aromatic heterocycles. The molecule has 5 rings (SSSR count). The highest BCUT2D eigenvalue weighted by Gasteiger charge is 2.39. The minimum atomic E-state index is -3.78. The highest BCUT2D eigenvalue weighted by atomic mass is 32.2. The summed E-state index contributed by atoms with van der Waals surface area (Å²) in [4.78, 5) is 45.8. The molecule has 180 valence electrons. The van der Waals surface area contributed by atoms with Gasteiger partial charge in [-0.3, -0.25) is 24.3 Å². The smallest absolute Gasteiger partial charge is 0.263 e. The van der Waals surface area contributed by atoms with E-state index >= 15 is 0 Å². The number of amides is 3. The third-order valence-corrected chi connectivity index (χ3v) is 8.54. The van der Waals surface area contributed by atoms with E-state index < -0.39 is 21.8 Å². The SMILES string of the molecule is Cc1nc2ccc(S(=O)(=O)N3CCOCC3)cc2c2c1C(=O)N(CCCN1CCCC1=O)C2=O. The van der Waals surface area contributed by atoms with Gasteiger partial charge in [0, 0.05) is 44.5 Å². The third kappa shape index (κ3) is 3.77. The Bertz CT molecular complexity index is 1300. The fourth-order valence-corrected chi connectivity index (χ4v) is 6.31. The summed E-state index contributed by atoms with van der Waals surface area (Å²) < 4.78 is 32.9. The summed E-state index contributed by atoms with van der Waals surface area (Å²) in [5, 5.41) is 0.352. The number of carbonyl (C=O) groups excluding carboxylic acids is 3. The van der Waals surface area contributed by atoms with E-state index in [4.69, 9.17) is 4.74 Å². The molecule has 0 bridgehead atoms. The Morgan fingerprint density at radius 1 is 1.00 bits per heavy atom. The Kier molecular flexibility index (Phi) is 5.86. The number of aryl methyl sites for hydroxylation is 1. The van der Waals surface area contributed by atoms with Crippen LogP contribution in [0.5, 0.6) is 0 Å². The van der Waals surface area contributed by atoms with Crippen molar-refractivity contribution in [3.05, 3.63) is 35.0 Å². The van der Waals surface area contributed by atoms with Gasteiger partial charge in [-0.05, 0) is 38.0 Å². The fraction of sp³-hybridized carbons (Fsp3) is 0.478. The Labute approximate surface area is 197 Å². The van der Waals surface area contributed by atoms with Crippen LogP contribution in [-0.4, -0.2) is 91.2 Å². The molecule has 3 amide bonds. The number of carbonyl (C=O) groups is 3. The second kappa shape index (κ2) is 8.71. The number of benzene rings is 1. The minimum Gasteiger partial charge on any atom is -0.379 e. The van der Waals surface area contributed by atoms with Crippen LogP contribution in [0.15, 0.2) is 23.1 Å². The first-order chi connectivity index (χ1) is 16.3. The molecule has 0 unspecified atom stereocenters. The van der Waals surface area contributed by atoms with Crippen molar-refractivity contribution in [1.82, 2.24) is 19.1 Å². The molecule has 0 radical (unpaired) electrons. The van der Waals surface area contributed by atoms with Gasteiger partial charge in [-0.1, -0.05) is 0 Å². The molecular weight excluding hydrogens is 460 g/mol. The van der Waals surface area contributed by atoms with E-state index in [0.717, 1.165) is 6.42 Å². The van der Waals surface area contributed by atoms with Crippen LogP contribution in [0.25, 0.3) is 10.9 Å². The molecule has 34 heavy (non-hydrogen) atoms. The van der Waals surface area contributed by atoms with E-state index in [0.29, 0.717) is 55.7 Å². The van der Waals surface area contributed by atoms with Gasteiger partial charge in [0.15, 0.2) is 0 Å². The van der Waals surface area contributed by atoms with Crippen molar-refractivity contribution in [2.75, 3.05) is 45.9 Å². The molecule has 4 heterocycles. The molecule has 11 heteroatoms. The lowest BCUT2D eigenvalue weighted by atomic mass is 10.0. The molecule has 0 saturated carbocycles. The number of likely N-dealkylation sites (tertiary alicyclic amines) is 1. The Morgan fingerprint density at radius 3 is 2.44 bits per heavy atom. The van der Waals surface area contributed by atoms with Crippen LogP contribution in [0.2, 0.25) is 0 Å². The van der Waals surface area contributed by atoms with Crippen molar-refractivity contribution >= 4 is 38.6 Å². The van der Waals surface area contributed by atoms with Gasteiger partial charge in [0.2, 0.25) is 15.9 Å². The average Bonchev–Trinajstić information content (AvgIpc) is 3.35. The number of pyridine rings is 1. The van der Waals surface area contributed by atoms with Crippen LogP contribution in [0.3, 0.4) is 0 Å². The summed E-state index contributed by atoms with van der Waals surface area (Å²) in [5.74, 6) is -0.785. The van der Waals surface area contributed by atoms with Crippen molar-refractivity contribution in [2.24, 2.45) is 0 Å². The number of imide groups is 1. The summed E-state index contributed by atoms with van der Waals surface area (Å²) >= 11 is 0. The lowest BCUT2D eigenvalue weighted by Gasteiger charge is -2.26. The number of fused-ring (bicyclic) bond motifs is 3. The van der Waals surface area contributed by atoms with Crippen molar-refractivity contribution in [3.8, 4) is 0 Å². The first-order valence-electron chi connectivity index (χ1n) is 11.5. The molecule has 0 N–H and O–H groups in total. The zero-order chi connectivity index (χ0) is 24.0. The number of hydrogen-bond acceptors (Lipinski definition) is 7. The Morgan fingerprint density at radius 2 is 1.74 bits per heavy atom. The standard InChI is InChI=1S/C23H26N4O6S/c1-15-20-21(23(30)27(22(20)29)9-3-8-25-7-2-4-19(25)28)17-14-16(5-6-18(17)24-15)34(31,32)26-10-12-33-13-11-26/h5-6,14H,2-4,7-13H2,1H3. The molecule has 1 aromatic carbocycles. The third-order valence-electron chi connectivity index (χ3n) is 6.64. The Hall–Kier alpha value is -2.89. The van der Waals surface area contributed by atoms with Crippen LogP contribution in [0.1, 0.15) is 45.7 Å². The predicted molar refractivity (Wildman–Crippen MR) is 122 cm³/mol. The van der Waals surface area contributed by atoms with Crippen molar-refractivity contribution in [2.45, 2.75) is 31.1 Å². The quantitative estimate of drug-likeness (QED) is 0.563. The second-order valence-corrected chi connectivity index (χ2v) is 10.7. The molecular formula is C23H26N4O6S. The fourth-order valence-electron chi connectivity index (χ4n) is 4.87. The number of morpholine rings is 1. The van der Waals surface area contributed by atoms with Gasteiger partial charge >= 0.3 is 0 Å². The number of hydrogen-bond donors (Lipinski definition) is 0. The van der Waals surface area contributed by atoms with E-state index in [1.807, 2.05) is 0 Å². The van der Waals surface area contributed by atoms with E-state index in [1.165, 1.54) is 21.3 Å². The van der Waals surface area contributed by atoms with E-state index in [-0.39, 0.29) is 41.6 Å². The van der Waals surface area contributed by atoms with E-state index in [2.05, 4.69) is 4.98 Å². The summed E-state index contributed by atoms with van der Waals surface area (Å²) in [7, 11) is -3.78. The number of rotatable bonds is 6. The zero-order valence-electron chi connectivity index (χ0n) is 18.9. The second-order valence-electron chi connectivity index (χ2n) is 8.74. The first-order valence-corrected chi connectivity index (χ1v) is 12.9. The lowest BCUT2D eigenvalue weighted by Crippen LogP contribution is -2.40. The maximum Gasteiger partial charge on any atom is 0.263 e. The summed E-state index contributed by atoms with van der Waals surface area (Å²) in [5.41, 5.74) is 1.31. The monoisotopic (exact) mass is 486 g/mol. The maximum atomic E-state index is 13.3. The first kappa shape index (κ1) is 22.9. The molecule has 0 spiro atoms. The topological polar surface area (TPSA) is 117 Å². The summed E-state index contributed by atoms with van der Waals surface area (Å²) in [6.45, 7) is 4.23. The van der Waals surface area contributed by atoms with Crippen LogP contribution in [0, 0.1) is 6.92 Å². The summed E-state index contributed by atoms with van der Waals surface area (Å²) in [6, 6.07) is 4.51. The van der Waals surface area contributed by atoms with Crippen molar-refractivity contribution in [1.29, 1.82) is 0 Å². The molecule has 3 aliphatic rings. The van der Waals surface area contributed by atoms with Crippen LogP contribution in [0.4, 0.5) is 0 Å². The molecule has 0 aliphatic carbocycles. The van der Waals surface area contributed by atoms with Gasteiger partial charge in [-0.15, -0.1) is 0 Å². The number of sulfonamides is 1. The molecule has 2 fully saturated rings. The van der Waals surface area contributed by atoms with Gasteiger partial charge in [0.25, 0.3) is 11.8 Å². The maximum absolute atomic E-state index is 13.3. The lowest BCUT2D eigenvalue weighted by molar-refractivity contribution is -0.127. The van der Waals surface area contributed by atoms with Gasteiger partial charge in [-0.2, -0.15) is 4.31 Å². The van der Waals surface area contributed by atoms with Crippen LogP contribution in [-0.2, 0) is 19.6 Å². The van der Waals surface area contributed by atoms with Gasteiger partial charge in [0.05, 0.1) is 40.4 Å². The van der Waals surface area contributed by atoms with Gasteiger partial charge < -0.3 is 9.64 Å². The van der Waals surface area contributed by atoms with Crippen molar-refractivity contribution < 1.29 is 27.5 Å². The molecule has 2 saturated heterocycles. The molecule has 3 aliphatic heterocycles. The van der Waals surface area contributed by atoms with E-state index in [1.54, 1.807) is 17.9 Å². The average molecular weight is 487 g/mol. The highest BCUT2D eigenvalue weighted by Crippen LogP contribution is 2.33. The number of ether oxygens (including phenoxy) is 1. The van der Waals surface area contributed by atoms with Crippen LogP contribution < -0.4 is 0 Å². The van der Waals surface area contributed by atoms with Crippen LogP contribution >= 0.6 is 0 Å². The summed E-state index contributed by atoms with van der Waals surface area (Å²) in [6.07, 6.45) is 1.86. The highest BCUT2D eigenvalue weighted by molar-refractivity contribution is 7.89. The molecule has 10 nitrogen and oxygen atoms in total. The van der Waals surface area contributed by atoms with Gasteiger partial charge in [0.1, 0.15) is 0 Å². The van der Waals surface area contributed by atoms with Gasteiger partial charge in [-0.25, -0.2) is 8.42 Å². The minimum absolute atomic E-state index is 0.0565.